The predicted molar refractivity (Wildman–Crippen MR) is 62.5 cm³/mol. The van der Waals surface area contributed by atoms with Crippen LogP contribution in [0.5, 0.6) is 0 Å². The first-order chi connectivity index (χ1) is 6.87. The number of sulfone groups is 1. The third kappa shape index (κ3) is 3.92. The number of hydrogen-bond acceptors (Lipinski definition) is 4. The van der Waals surface area contributed by atoms with E-state index in [2.05, 4.69) is 10.6 Å². The van der Waals surface area contributed by atoms with Crippen LogP contribution in [-0.4, -0.2) is 48.8 Å². The molecule has 1 aliphatic rings. The van der Waals surface area contributed by atoms with Crippen molar-refractivity contribution in [2.45, 2.75) is 18.9 Å². The smallest absolute Gasteiger partial charge is 0.166 e. The minimum absolute atomic E-state index is 0.00314. The SMILES string of the molecule is C[C@@]1(NC(=S)NCCO)CCS(=O)(=O)C1. The summed E-state index contributed by atoms with van der Waals surface area (Å²) in [4.78, 5) is 0. The van der Waals surface area contributed by atoms with Crippen molar-refractivity contribution < 1.29 is 13.5 Å². The Labute approximate surface area is 95.2 Å². The largest absolute Gasteiger partial charge is 0.395 e. The lowest BCUT2D eigenvalue weighted by atomic mass is 10.0. The normalized spacial score (nSPS) is 28.7. The molecule has 0 saturated carbocycles. The van der Waals surface area contributed by atoms with Crippen LogP contribution in [0.2, 0.25) is 0 Å². The van der Waals surface area contributed by atoms with Crippen LogP contribution in [0.15, 0.2) is 0 Å². The molecule has 0 amide bonds. The van der Waals surface area contributed by atoms with Gasteiger partial charge in [-0.1, -0.05) is 0 Å². The van der Waals surface area contributed by atoms with Crippen molar-refractivity contribution in [2.24, 2.45) is 0 Å². The molecule has 88 valence electrons. The van der Waals surface area contributed by atoms with Gasteiger partial charge in [-0.05, 0) is 25.6 Å². The molecule has 0 aromatic carbocycles. The zero-order chi connectivity index (χ0) is 11.5. The van der Waals surface area contributed by atoms with E-state index in [0.717, 1.165) is 0 Å². The molecule has 1 aliphatic heterocycles. The summed E-state index contributed by atoms with van der Waals surface area (Å²) in [6.45, 7) is 2.20. The van der Waals surface area contributed by atoms with Gasteiger partial charge in [0.2, 0.25) is 0 Å². The molecule has 5 nitrogen and oxygen atoms in total. The summed E-state index contributed by atoms with van der Waals surface area (Å²) in [5.74, 6) is 0.320. The second kappa shape index (κ2) is 4.63. The van der Waals surface area contributed by atoms with Gasteiger partial charge in [-0.15, -0.1) is 0 Å². The number of rotatable bonds is 3. The highest BCUT2D eigenvalue weighted by molar-refractivity contribution is 7.91. The third-order valence-electron chi connectivity index (χ3n) is 2.32. The van der Waals surface area contributed by atoms with E-state index in [1.165, 1.54) is 0 Å². The highest BCUT2D eigenvalue weighted by Crippen LogP contribution is 2.22. The van der Waals surface area contributed by atoms with E-state index < -0.39 is 15.4 Å². The van der Waals surface area contributed by atoms with Crippen molar-refractivity contribution in [2.75, 3.05) is 24.7 Å². The molecule has 0 aliphatic carbocycles. The van der Waals surface area contributed by atoms with Gasteiger partial charge in [0, 0.05) is 6.54 Å². The minimum atomic E-state index is -2.92. The summed E-state index contributed by atoms with van der Waals surface area (Å²) >= 11 is 4.97. The van der Waals surface area contributed by atoms with Crippen LogP contribution < -0.4 is 10.6 Å². The summed E-state index contributed by atoms with van der Waals surface area (Å²) in [6, 6.07) is 0. The van der Waals surface area contributed by atoms with Gasteiger partial charge < -0.3 is 15.7 Å². The minimum Gasteiger partial charge on any atom is -0.395 e. The van der Waals surface area contributed by atoms with Crippen LogP contribution in [0.3, 0.4) is 0 Å². The van der Waals surface area contributed by atoms with Gasteiger partial charge in [-0.2, -0.15) is 0 Å². The van der Waals surface area contributed by atoms with E-state index in [4.69, 9.17) is 17.3 Å². The summed E-state index contributed by atoms with van der Waals surface area (Å²) in [5.41, 5.74) is -0.474. The average Bonchev–Trinajstić information content (AvgIpc) is 2.37. The average molecular weight is 252 g/mol. The van der Waals surface area contributed by atoms with Gasteiger partial charge in [0.1, 0.15) is 0 Å². The lowest BCUT2D eigenvalue weighted by molar-refractivity contribution is 0.299. The van der Waals surface area contributed by atoms with Gasteiger partial charge in [0.05, 0.1) is 23.7 Å². The Balaban J connectivity index is 2.48. The van der Waals surface area contributed by atoms with E-state index in [-0.39, 0.29) is 18.1 Å². The van der Waals surface area contributed by atoms with Gasteiger partial charge in [-0.3, -0.25) is 0 Å². The predicted octanol–water partition coefficient (Wildman–Crippen LogP) is -0.980. The monoisotopic (exact) mass is 252 g/mol. The summed E-state index contributed by atoms with van der Waals surface area (Å²) in [7, 11) is -2.92. The molecule has 0 radical (unpaired) electrons. The van der Waals surface area contributed by atoms with Gasteiger partial charge in [-0.25, -0.2) is 8.42 Å². The van der Waals surface area contributed by atoms with Crippen molar-refractivity contribution in [3.8, 4) is 0 Å². The fraction of sp³-hybridized carbons (Fsp3) is 0.875. The molecule has 0 aromatic rings. The Kier molecular flexibility index (Phi) is 3.91. The van der Waals surface area contributed by atoms with Crippen LogP contribution in [0.1, 0.15) is 13.3 Å². The molecule has 0 aromatic heterocycles. The van der Waals surface area contributed by atoms with Crippen molar-refractivity contribution in [3.05, 3.63) is 0 Å². The molecule has 0 spiro atoms. The molecule has 15 heavy (non-hydrogen) atoms. The van der Waals surface area contributed by atoms with Gasteiger partial charge in [0.15, 0.2) is 14.9 Å². The Morgan fingerprint density at radius 1 is 1.60 bits per heavy atom. The fourth-order valence-corrected chi connectivity index (χ4v) is 4.04. The third-order valence-corrected chi connectivity index (χ3v) is 4.47. The molecule has 1 fully saturated rings. The fourth-order valence-electron chi connectivity index (χ4n) is 1.60. The number of hydrogen-bond donors (Lipinski definition) is 3. The molecular weight excluding hydrogens is 236 g/mol. The Morgan fingerprint density at radius 2 is 2.27 bits per heavy atom. The van der Waals surface area contributed by atoms with Crippen molar-refractivity contribution >= 4 is 27.2 Å². The van der Waals surface area contributed by atoms with Gasteiger partial charge >= 0.3 is 0 Å². The Bertz CT molecular complexity index is 342. The Morgan fingerprint density at radius 3 is 2.73 bits per heavy atom. The maximum absolute atomic E-state index is 11.3. The van der Waals surface area contributed by atoms with Crippen molar-refractivity contribution in [1.29, 1.82) is 0 Å². The molecule has 1 rings (SSSR count). The van der Waals surface area contributed by atoms with E-state index in [1.807, 2.05) is 6.92 Å². The highest BCUT2D eigenvalue weighted by atomic mass is 32.2. The molecule has 1 atom stereocenters. The highest BCUT2D eigenvalue weighted by Gasteiger charge is 2.38. The molecule has 7 heteroatoms. The Hall–Kier alpha value is -0.400. The molecule has 1 heterocycles. The first-order valence-corrected chi connectivity index (χ1v) is 6.97. The van der Waals surface area contributed by atoms with Crippen LogP contribution in [0, 0.1) is 0 Å². The second-order valence-electron chi connectivity index (χ2n) is 4.01. The number of aliphatic hydroxyl groups excluding tert-OH is 1. The number of nitrogens with one attached hydrogen (secondary N) is 2. The maximum Gasteiger partial charge on any atom is 0.166 e. The van der Waals surface area contributed by atoms with Crippen LogP contribution in [0.25, 0.3) is 0 Å². The zero-order valence-electron chi connectivity index (χ0n) is 8.62. The van der Waals surface area contributed by atoms with E-state index in [1.54, 1.807) is 0 Å². The van der Waals surface area contributed by atoms with Crippen LogP contribution >= 0.6 is 12.2 Å². The van der Waals surface area contributed by atoms with E-state index >= 15 is 0 Å². The molecule has 3 N–H and O–H groups in total. The second-order valence-corrected chi connectivity index (χ2v) is 6.60. The quantitative estimate of drug-likeness (QED) is 0.560. The summed E-state index contributed by atoms with van der Waals surface area (Å²) < 4.78 is 22.6. The summed E-state index contributed by atoms with van der Waals surface area (Å²) in [5, 5.41) is 14.7. The topological polar surface area (TPSA) is 78.4 Å². The lowest BCUT2D eigenvalue weighted by Gasteiger charge is -2.25. The maximum atomic E-state index is 11.3. The number of aliphatic hydroxyl groups is 1. The first kappa shape index (κ1) is 12.7. The number of thiocarbonyl (C=S) groups is 1. The summed E-state index contributed by atoms with van der Waals surface area (Å²) in [6.07, 6.45) is 0.566. The van der Waals surface area contributed by atoms with E-state index in [9.17, 15) is 8.42 Å². The molecule has 0 unspecified atom stereocenters. The molecular formula is C8H16N2O3S2. The van der Waals surface area contributed by atoms with Crippen LogP contribution in [-0.2, 0) is 9.84 Å². The van der Waals surface area contributed by atoms with E-state index in [0.29, 0.717) is 18.1 Å². The molecule has 0 bridgehead atoms. The van der Waals surface area contributed by atoms with Crippen LogP contribution in [0.4, 0.5) is 0 Å². The van der Waals surface area contributed by atoms with Crippen molar-refractivity contribution in [1.82, 2.24) is 10.6 Å². The standard InChI is InChI=1S/C8H16N2O3S2/c1-8(2-5-15(12,13)6-8)10-7(14)9-3-4-11/h11H,2-6H2,1H3,(H2,9,10,14)/t8-/m1/s1. The first-order valence-electron chi connectivity index (χ1n) is 4.74. The van der Waals surface area contributed by atoms with Crippen molar-refractivity contribution in [3.63, 3.8) is 0 Å². The lowest BCUT2D eigenvalue weighted by Crippen LogP contribution is -2.51. The molecule has 1 saturated heterocycles. The zero-order valence-corrected chi connectivity index (χ0v) is 10.2. The van der Waals surface area contributed by atoms with Gasteiger partial charge in [0.25, 0.3) is 0 Å².